The molecule has 2 aliphatic rings. The van der Waals surface area contributed by atoms with Crippen LogP contribution in [0.1, 0.15) is 30.6 Å². The topological polar surface area (TPSA) is 160 Å². The number of nitrogens with two attached hydrogens (primary N) is 2. The zero-order valence-corrected chi connectivity index (χ0v) is 20.2. The number of hydrogen-bond donors (Lipinski definition) is 4. The number of ether oxygens (including phenoxy) is 4. The molecule has 11 nitrogen and oxygen atoms in total. The Kier molecular flexibility index (Phi) is 7.67. The smallest absolute Gasteiger partial charge is 0.352 e. The molecule has 0 spiro atoms. The molecule has 0 bridgehead atoms. The summed E-state index contributed by atoms with van der Waals surface area (Å²) in [7, 11) is 0. The first-order valence-electron chi connectivity index (χ1n) is 11.9. The van der Waals surface area contributed by atoms with Crippen molar-refractivity contribution in [1.82, 2.24) is 9.80 Å². The summed E-state index contributed by atoms with van der Waals surface area (Å²) in [6.07, 6.45) is -0.264. The van der Waals surface area contributed by atoms with Gasteiger partial charge in [-0.25, -0.2) is 4.79 Å². The predicted molar refractivity (Wildman–Crippen MR) is 133 cm³/mol. The first kappa shape index (κ1) is 25.0. The molecule has 0 aliphatic carbocycles. The summed E-state index contributed by atoms with van der Waals surface area (Å²) in [5, 5.41) is 15.3. The number of carbonyl (C=O) groups is 1. The third-order valence-corrected chi connectivity index (χ3v) is 6.08. The summed E-state index contributed by atoms with van der Waals surface area (Å²) < 4.78 is 23.2. The standard InChI is InChI=1S/C25H32N6O5/c1-2-33-23(32)22(16-3-5-18(6-4-16)35-20-9-10-30(15-20)24(26)27)36-19-7-8-21-17(13-19)14-31(25(28)29)11-12-34-21/h3-8,13,20,22H,2,9-12,14-15H2,1H3,(H3,26,27)(H3,28,29). The van der Waals surface area contributed by atoms with E-state index in [1.54, 1.807) is 59.2 Å². The average molecular weight is 497 g/mol. The molecule has 2 atom stereocenters. The van der Waals surface area contributed by atoms with E-state index in [1.165, 1.54) is 0 Å². The van der Waals surface area contributed by atoms with Crippen LogP contribution in [0.4, 0.5) is 0 Å². The van der Waals surface area contributed by atoms with Gasteiger partial charge >= 0.3 is 5.97 Å². The molecule has 2 aromatic carbocycles. The van der Waals surface area contributed by atoms with Crippen molar-refractivity contribution in [2.45, 2.75) is 32.1 Å². The van der Waals surface area contributed by atoms with E-state index in [0.717, 1.165) is 12.0 Å². The Morgan fingerprint density at radius 3 is 2.47 bits per heavy atom. The summed E-state index contributed by atoms with van der Waals surface area (Å²) in [6.45, 7) is 4.55. The van der Waals surface area contributed by atoms with E-state index in [4.69, 9.17) is 41.2 Å². The summed E-state index contributed by atoms with van der Waals surface area (Å²) >= 11 is 0. The normalized spacial score (nSPS) is 17.9. The average Bonchev–Trinajstić information content (AvgIpc) is 3.21. The van der Waals surface area contributed by atoms with Crippen LogP contribution in [-0.2, 0) is 16.1 Å². The Balaban J connectivity index is 1.49. The van der Waals surface area contributed by atoms with Gasteiger partial charge in [-0.2, -0.15) is 0 Å². The minimum Gasteiger partial charge on any atom is -0.491 e. The maximum absolute atomic E-state index is 12.8. The van der Waals surface area contributed by atoms with Gasteiger partial charge in [-0.1, -0.05) is 12.1 Å². The number of benzene rings is 2. The second kappa shape index (κ2) is 11.1. The molecule has 4 rings (SSSR count). The van der Waals surface area contributed by atoms with Crippen LogP contribution in [0, 0.1) is 10.8 Å². The molecular weight excluding hydrogens is 464 g/mol. The van der Waals surface area contributed by atoms with E-state index in [1.807, 2.05) is 0 Å². The summed E-state index contributed by atoms with van der Waals surface area (Å²) in [5.41, 5.74) is 12.7. The maximum atomic E-state index is 12.8. The highest BCUT2D eigenvalue weighted by molar-refractivity contribution is 5.77. The fourth-order valence-corrected chi connectivity index (χ4v) is 4.21. The summed E-state index contributed by atoms with van der Waals surface area (Å²) in [6, 6.07) is 12.5. The molecule has 6 N–H and O–H groups in total. The van der Waals surface area contributed by atoms with Crippen molar-refractivity contribution in [3.8, 4) is 17.2 Å². The summed E-state index contributed by atoms with van der Waals surface area (Å²) in [4.78, 5) is 16.3. The molecule has 2 heterocycles. The highest BCUT2D eigenvalue weighted by atomic mass is 16.6. The van der Waals surface area contributed by atoms with Gasteiger partial charge in [-0.05, 0) is 37.3 Å². The van der Waals surface area contributed by atoms with Crippen LogP contribution < -0.4 is 25.7 Å². The molecule has 2 aliphatic heterocycles. The lowest BCUT2D eigenvalue weighted by atomic mass is 10.1. The molecule has 0 amide bonds. The molecule has 0 aromatic heterocycles. The van der Waals surface area contributed by atoms with Gasteiger partial charge in [0, 0.05) is 30.6 Å². The zero-order chi connectivity index (χ0) is 25.7. The third kappa shape index (κ3) is 5.91. The van der Waals surface area contributed by atoms with E-state index < -0.39 is 12.1 Å². The van der Waals surface area contributed by atoms with Gasteiger partial charge in [-0.15, -0.1) is 0 Å². The Morgan fingerprint density at radius 1 is 1.08 bits per heavy atom. The van der Waals surface area contributed by atoms with Gasteiger partial charge in [0.2, 0.25) is 6.10 Å². The number of fused-ring (bicyclic) bond motifs is 1. The molecule has 1 saturated heterocycles. The third-order valence-electron chi connectivity index (χ3n) is 6.08. The van der Waals surface area contributed by atoms with Crippen molar-refractivity contribution >= 4 is 17.9 Å². The minimum atomic E-state index is -0.979. The van der Waals surface area contributed by atoms with Crippen LogP contribution >= 0.6 is 0 Å². The molecule has 2 unspecified atom stereocenters. The van der Waals surface area contributed by atoms with Gasteiger partial charge in [0.25, 0.3) is 0 Å². The highest BCUT2D eigenvalue weighted by Gasteiger charge is 2.27. The van der Waals surface area contributed by atoms with Crippen molar-refractivity contribution in [3.63, 3.8) is 0 Å². The van der Waals surface area contributed by atoms with Crippen LogP contribution in [0.25, 0.3) is 0 Å². The lowest BCUT2D eigenvalue weighted by molar-refractivity contribution is -0.151. The van der Waals surface area contributed by atoms with Crippen molar-refractivity contribution in [2.24, 2.45) is 11.5 Å². The van der Waals surface area contributed by atoms with Crippen LogP contribution in [0.15, 0.2) is 42.5 Å². The first-order valence-corrected chi connectivity index (χ1v) is 11.9. The Morgan fingerprint density at radius 2 is 1.81 bits per heavy atom. The fourth-order valence-electron chi connectivity index (χ4n) is 4.21. The number of hydrogen-bond acceptors (Lipinski definition) is 7. The Hall–Kier alpha value is -4.15. The van der Waals surface area contributed by atoms with Gasteiger partial charge in [0.1, 0.15) is 30.0 Å². The number of nitrogens with zero attached hydrogens (tertiary/aromatic N) is 2. The van der Waals surface area contributed by atoms with Crippen LogP contribution in [-0.4, -0.2) is 66.6 Å². The molecule has 36 heavy (non-hydrogen) atoms. The van der Waals surface area contributed by atoms with Gasteiger partial charge < -0.3 is 40.2 Å². The van der Waals surface area contributed by atoms with Crippen LogP contribution in [0.2, 0.25) is 0 Å². The quantitative estimate of drug-likeness (QED) is 0.254. The predicted octanol–water partition coefficient (Wildman–Crippen LogP) is 1.80. The van der Waals surface area contributed by atoms with Crippen molar-refractivity contribution in [1.29, 1.82) is 10.8 Å². The second-order valence-electron chi connectivity index (χ2n) is 8.60. The maximum Gasteiger partial charge on any atom is 0.352 e. The Labute approximate surface area is 209 Å². The molecule has 1 fully saturated rings. The van der Waals surface area contributed by atoms with Crippen LogP contribution in [0.3, 0.4) is 0 Å². The number of rotatable bonds is 7. The number of carbonyl (C=O) groups excluding carboxylic acids is 1. The lowest BCUT2D eigenvalue weighted by Gasteiger charge is -2.21. The van der Waals surface area contributed by atoms with Crippen molar-refractivity contribution < 1.29 is 23.7 Å². The molecule has 0 saturated carbocycles. The zero-order valence-electron chi connectivity index (χ0n) is 20.2. The second-order valence-corrected chi connectivity index (χ2v) is 8.60. The number of esters is 1. The van der Waals surface area contributed by atoms with Gasteiger partial charge in [0.15, 0.2) is 11.9 Å². The molecule has 0 radical (unpaired) electrons. The first-order chi connectivity index (χ1) is 17.3. The fraction of sp³-hybridized carbons (Fsp3) is 0.400. The van der Waals surface area contributed by atoms with Crippen LogP contribution in [0.5, 0.6) is 17.2 Å². The largest absolute Gasteiger partial charge is 0.491 e. The van der Waals surface area contributed by atoms with E-state index in [-0.39, 0.29) is 24.6 Å². The highest BCUT2D eigenvalue weighted by Crippen LogP contribution is 2.31. The molecule has 192 valence electrons. The van der Waals surface area contributed by atoms with E-state index in [9.17, 15) is 4.79 Å². The lowest BCUT2D eigenvalue weighted by Crippen LogP contribution is -2.37. The van der Waals surface area contributed by atoms with Crippen molar-refractivity contribution in [2.75, 3.05) is 32.8 Å². The number of nitrogens with one attached hydrogen (secondary N) is 2. The van der Waals surface area contributed by atoms with Gasteiger partial charge in [0.05, 0.1) is 19.7 Å². The number of likely N-dealkylation sites (tertiary alicyclic amines) is 1. The van der Waals surface area contributed by atoms with E-state index in [2.05, 4.69) is 0 Å². The number of guanidine groups is 2. The van der Waals surface area contributed by atoms with E-state index >= 15 is 0 Å². The molecule has 11 heteroatoms. The van der Waals surface area contributed by atoms with Gasteiger partial charge in [-0.3, -0.25) is 10.8 Å². The SMILES string of the molecule is CCOC(=O)C(Oc1ccc2c(c1)CN(C(=N)N)CCO2)c1ccc(OC2CCN(C(=N)N)C2)cc1. The minimum absolute atomic E-state index is 0.0314. The van der Waals surface area contributed by atoms with Crippen molar-refractivity contribution in [3.05, 3.63) is 53.6 Å². The van der Waals surface area contributed by atoms with E-state index in [0.29, 0.717) is 55.6 Å². The summed E-state index contributed by atoms with van der Waals surface area (Å²) in [5.74, 6) is 1.33. The monoisotopic (exact) mass is 496 g/mol. The molecular formula is C25H32N6O5. The Bertz CT molecular complexity index is 1110. The molecule has 2 aromatic rings.